The van der Waals surface area contributed by atoms with Crippen molar-refractivity contribution in [3.05, 3.63) is 71.4 Å². The molecule has 3 heterocycles. The standard InChI is InChI=1S/C26H27ClN6O2/c1-26(17-29-25(34)35-16-18-5-3-2-4-6-18)11-13-33(14-12-26)21-15-28-23-22(31-32-24(23)30-21)19-7-9-20(27)10-8-19/h2-10,15H,11-14,16-17H2,1H3,(H,29,34)(H,30,31,32). The highest BCUT2D eigenvalue weighted by Crippen LogP contribution is 2.33. The largest absolute Gasteiger partial charge is 0.445 e. The molecule has 9 heteroatoms. The quantitative estimate of drug-likeness (QED) is 0.385. The van der Waals surface area contributed by atoms with Crippen LogP contribution in [0.25, 0.3) is 22.4 Å². The fraction of sp³-hybridized carbons (Fsp3) is 0.308. The zero-order valence-electron chi connectivity index (χ0n) is 19.5. The molecule has 2 aromatic heterocycles. The zero-order chi connectivity index (χ0) is 24.3. The molecule has 1 aliphatic heterocycles. The highest BCUT2D eigenvalue weighted by Gasteiger charge is 2.31. The third-order valence-corrected chi connectivity index (χ3v) is 6.79. The Balaban J connectivity index is 1.16. The number of anilines is 1. The molecule has 2 N–H and O–H groups in total. The monoisotopic (exact) mass is 490 g/mol. The van der Waals surface area contributed by atoms with Crippen molar-refractivity contribution in [3.63, 3.8) is 0 Å². The Morgan fingerprint density at radius 1 is 1.14 bits per heavy atom. The molecule has 0 spiro atoms. The van der Waals surface area contributed by atoms with Crippen molar-refractivity contribution in [2.24, 2.45) is 5.41 Å². The minimum absolute atomic E-state index is 0.00443. The van der Waals surface area contributed by atoms with Crippen LogP contribution >= 0.6 is 11.6 Å². The van der Waals surface area contributed by atoms with Crippen LogP contribution < -0.4 is 10.2 Å². The van der Waals surface area contributed by atoms with E-state index >= 15 is 0 Å². The molecule has 35 heavy (non-hydrogen) atoms. The van der Waals surface area contributed by atoms with Crippen molar-refractivity contribution in [1.29, 1.82) is 0 Å². The van der Waals surface area contributed by atoms with Gasteiger partial charge in [-0.05, 0) is 36.0 Å². The van der Waals surface area contributed by atoms with Gasteiger partial charge in [0.1, 0.15) is 23.6 Å². The van der Waals surface area contributed by atoms with Gasteiger partial charge in [-0.25, -0.2) is 14.8 Å². The number of aromatic amines is 1. The summed E-state index contributed by atoms with van der Waals surface area (Å²) < 4.78 is 5.34. The summed E-state index contributed by atoms with van der Waals surface area (Å²) in [4.78, 5) is 23.8. The molecule has 0 unspecified atom stereocenters. The number of benzene rings is 2. The molecule has 1 amide bonds. The summed E-state index contributed by atoms with van der Waals surface area (Å²) in [5.41, 5.74) is 4.05. The van der Waals surface area contributed by atoms with E-state index in [0.717, 1.165) is 54.1 Å². The minimum atomic E-state index is -0.385. The summed E-state index contributed by atoms with van der Waals surface area (Å²) in [5.74, 6) is 0.820. The van der Waals surface area contributed by atoms with Crippen LogP contribution in [0.4, 0.5) is 10.6 Å². The van der Waals surface area contributed by atoms with Crippen LogP contribution in [0.1, 0.15) is 25.3 Å². The molecule has 0 saturated carbocycles. The number of nitrogens with one attached hydrogen (secondary N) is 2. The van der Waals surface area contributed by atoms with Gasteiger partial charge in [-0.1, -0.05) is 61.0 Å². The summed E-state index contributed by atoms with van der Waals surface area (Å²) in [7, 11) is 0. The normalized spacial score (nSPS) is 15.2. The lowest BCUT2D eigenvalue weighted by Gasteiger charge is -2.39. The number of hydrogen-bond donors (Lipinski definition) is 2. The number of ether oxygens (including phenoxy) is 1. The first-order chi connectivity index (χ1) is 17.0. The molecule has 0 aliphatic carbocycles. The van der Waals surface area contributed by atoms with Gasteiger partial charge < -0.3 is 15.0 Å². The molecule has 180 valence electrons. The number of carbonyl (C=O) groups excluding carboxylic acids is 1. The second-order valence-electron chi connectivity index (χ2n) is 9.22. The lowest BCUT2D eigenvalue weighted by atomic mass is 9.80. The molecule has 0 radical (unpaired) electrons. The van der Waals surface area contributed by atoms with Gasteiger partial charge in [0, 0.05) is 30.2 Å². The second-order valence-corrected chi connectivity index (χ2v) is 9.65. The lowest BCUT2D eigenvalue weighted by molar-refractivity contribution is 0.131. The Bertz CT molecular complexity index is 1300. The van der Waals surface area contributed by atoms with Gasteiger partial charge in [-0.2, -0.15) is 5.10 Å². The van der Waals surface area contributed by atoms with Crippen molar-refractivity contribution in [3.8, 4) is 11.3 Å². The number of amides is 1. The third-order valence-electron chi connectivity index (χ3n) is 6.54. The number of aromatic nitrogens is 4. The van der Waals surface area contributed by atoms with Crippen LogP contribution in [0.15, 0.2) is 60.8 Å². The zero-order valence-corrected chi connectivity index (χ0v) is 20.3. The molecule has 5 rings (SSSR count). The molecule has 4 aromatic rings. The van der Waals surface area contributed by atoms with E-state index in [-0.39, 0.29) is 18.1 Å². The summed E-state index contributed by atoms with van der Waals surface area (Å²) in [6, 6.07) is 17.2. The number of rotatable bonds is 6. The average molecular weight is 491 g/mol. The van der Waals surface area contributed by atoms with Crippen LogP contribution in [0.2, 0.25) is 5.02 Å². The fourth-order valence-electron chi connectivity index (χ4n) is 4.27. The van der Waals surface area contributed by atoms with E-state index in [4.69, 9.17) is 21.3 Å². The maximum Gasteiger partial charge on any atom is 0.407 e. The molecule has 8 nitrogen and oxygen atoms in total. The van der Waals surface area contributed by atoms with Gasteiger partial charge in [-0.15, -0.1) is 0 Å². The number of nitrogens with zero attached hydrogens (tertiary/aromatic N) is 4. The Labute approximate surface area is 208 Å². The number of alkyl carbamates (subject to hydrolysis) is 1. The Kier molecular flexibility index (Phi) is 6.55. The molecule has 0 bridgehead atoms. The van der Waals surface area contributed by atoms with E-state index in [9.17, 15) is 4.79 Å². The van der Waals surface area contributed by atoms with Gasteiger partial charge in [0.25, 0.3) is 0 Å². The SMILES string of the molecule is CC1(CNC(=O)OCc2ccccc2)CCN(c2cnc3c(-c4ccc(Cl)cc4)n[nH]c3n2)CC1. The Hall–Kier alpha value is -3.65. The molecular weight excluding hydrogens is 464 g/mol. The maximum atomic E-state index is 12.2. The summed E-state index contributed by atoms with van der Waals surface area (Å²) in [6.45, 7) is 4.70. The van der Waals surface area contributed by atoms with Gasteiger partial charge in [0.15, 0.2) is 5.65 Å². The van der Waals surface area contributed by atoms with E-state index < -0.39 is 0 Å². The van der Waals surface area contributed by atoms with E-state index in [1.54, 1.807) is 6.20 Å². The van der Waals surface area contributed by atoms with Crippen LogP contribution in [0.5, 0.6) is 0 Å². The van der Waals surface area contributed by atoms with Crippen molar-refractivity contribution in [2.45, 2.75) is 26.4 Å². The van der Waals surface area contributed by atoms with Crippen LogP contribution in [-0.2, 0) is 11.3 Å². The third kappa shape index (κ3) is 5.38. The maximum absolute atomic E-state index is 12.2. The van der Waals surface area contributed by atoms with Crippen molar-refractivity contribution in [2.75, 3.05) is 24.5 Å². The van der Waals surface area contributed by atoms with Crippen molar-refractivity contribution in [1.82, 2.24) is 25.5 Å². The first-order valence-electron chi connectivity index (χ1n) is 11.7. The predicted molar refractivity (Wildman–Crippen MR) is 136 cm³/mol. The van der Waals surface area contributed by atoms with Gasteiger partial charge in [-0.3, -0.25) is 5.10 Å². The molecule has 1 fully saturated rings. The van der Waals surface area contributed by atoms with E-state index in [0.29, 0.717) is 17.2 Å². The number of hydrogen-bond acceptors (Lipinski definition) is 6. The fourth-order valence-corrected chi connectivity index (χ4v) is 4.39. The molecule has 1 aliphatic rings. The summed E-state index contributed by atoms with van der Waals surface area (Å²) in [6.07, 6.45) is 3.26. The highest BCUT2D eigenvalue weighted by atomic mass is 35.5. The van der Waals surface area contributed by atoms with Crippen LogP contribution in [0, 0.1) is 5.41 Å². The van der Waals surface area contributed by atoms with Gasteiger partial charge in [0.05, 0.1) is 6.20 Å². The van der Waals surface area contributed by atoms with E-state index in [1.165, 1.54) is 0 Å². The first kappa shape index (κ1) is 23.1. The second kappa shape index (κ2) is 9.92. The Morgan fingerprint density at radius 2 is 1.89 bits per heavy atom. The topological polar surface area (TPSA) is 96.0 Å². The number of halogens is 1. The van der Waals surface area contributed by atoms with Crippen molar-refractivity contribution >= 4 is 34.7 Å². The molecule has 1 saturated heterocycles. The van der Waals surface area contributed by atoms with E-state index in [2.05, 4.69) is 32.3 Å². The van der Waals surface area contributed by atoms with Gasteiger partial charge >= 0.3 is 6.09 Å². The smallest absolute Gasteiger partial charge is 0.407 e. The Morgan fingerprint density at radius 3 is 2.63 bits per heavy atom. The molecule has 2 aromatic carbocycles. The number of H-pyrrole nitrogens is 1. The number of piperidine rings is 1. The van der Waals surface area contributed by atoms with Crippen molar-refractivity contribution < 1.29 is 9.53 Å². The average Bonchev–Trinajstić information content (AvgIpc) is 3.31. The predicted octanol–water partition coefficient (Wildman–Crippen LogP) is 5.21. The first-order valence-corrected chi connectivity index (χ1v) is 12.0. The molecular formula is C26H27ClN6O2. The lowest BCUT2D eigenvalue weighted by Crippen LogP contribution is -2.45. The molecule has 0 atom stereocenters. The van der Waals surface area contributed by atoms with Crippen LogP contribution in [0.3, 0.4) is 0 Å². The minimum Gasteiger partial charge on any atom is -0.445 e. The highest BCUT2D eigenvalue weighted by molar-refractivity contribution is 6.30. The summed E-state index contributed by atoms with van der Waals surface area (Å²) in [5, 5.41) is 11.0. The van der Waals surface area contributed by atoms with E-state index in [1.807, 2.05) is 54.6 Å². The van der Waals surface area contributed by atoms with Gasteiger partial charge in [0.2, 0.25) is 0 Å². The number of carbonyl (C=O) groups is 1. The number of fused-ring (bicyclic) bond motifs is 1. The summed E-state index contributed by atoms with van der Waals surface area (Å²) >= 11 is 6.00. The van der Waals surface area contributed by atoms with Crippen LogP contribution in [-0.4, -0.2) is 45.9 Å².